The highest BCUT2D eigenvalue weighted by Gasteiger charge is 2.33. The van der Waals surface area contributed by atoms with Crippen molar-refractivity contribution in [2.45, 2.75) is 12.1 Å². The van der Waals surface area contributed by atoms with Crippen molar-refractivity contribution < 1.29 is 23.1 Å². The van der Waals surface area contributed by atoms with Crippen LogP contribution in [0.2, 0.25) is 0 Å². The smallest absolute Gasteiger partial charge is 0.259 e. The molecule has 0 aromatic heterocycles. The Bertz CT molecular complexity index is 487. The fourth-order valence-electron chi connectivity index (χ4n) is 2.12. The van der Waals surface area contributed by atoms with Gasteiger partial charge in [-0.15, -0.1) is 0 Å². The van der Waals surface area contributed by atoms with Crippen molar-refractivity contribution in [3.63, 3.8) is 0 Å². The van der Waals surface area contributed by atoms with E-state index < -0.39 is 41.1 Å². The summed E-state index contributed by atoms with van der Waals surface area (Å²) in [5.41, 5.74) is -0.817. The number of aliphatic hydroxyl groups excluding tert-OH is 1. The second-order valence-electron chi connectivity index (χ2n) is 4.45. The molecule has 2 N–H and O–H groups in total. The fraction of sp³-hybridized carbons (Fsp3) is 0.417. The van der Waals surface area contributed by atoms with Gasteiger partial charge >= 0.3 is 0 Å². The minimum atomic E-state index is -1.25. The SMILES string of the molecule is CN(C(=O)c1c(F)cc(F)cc1F)[C@@H]1CNC[C@H]1O. The molecule has 0 radical (unpaired) electrons. The van der Waals surface area contributed by atoms with Gasteiger partial charge < -0.3 is 15.3 Å². The van der Waals surface area contributed by atoms with Gasteiger partial charge in [0.1, 0.15) is 23.0 Å². The van der Waals surface area contributed by atoms with Gasteiger partial charge in [-0.25, -0.2) is 13.2 Å². The Hall–Kier alpha value is -1.60. The molecular formula is C12H13F3N2O2. The van der Waals surface area contributed by atoms with Gasteiger partial charge in [-0.2, -0.15) is 0 Å². The molecule has 19 heavy (non-hydrogen) atoms. The summed E-state index contributed by atoms with van der Waals surface area (Å²) in [5.74, 6) is -4.52. The number of nitrogens with zero attached hydrogens (tertiary/aromatic N) is 1. The molecule has 0 saturated carbocycles. The number of halogens is 3. The van der Waals surface area contributed by atoms with Crippen LogP contribution in [0, 0.1) is 17.5 Å². The minimum absolute atomic E-state index is 0.302. The Balaban J connectivity index is 2.29. The van der Waals surface area contributed by atoms with E-state index in [0.717, 1.165) is 4.90 Å². The zero-order chi connectivity index (χ0) is 14.2. The molecule has 0 bridgehead atoms. The Morgan fingerprint density at radius 2 is 1.89 bits per heavy atom. The number of likely N-dealkylation sites (N-methyl/N-ethyl adjacent to an activating group) is 1. The Morgan fingerprint density at radius 1 is 1.32 bits per heavy atom. The molecule has 1 amide bonds. The van der Waals surface area contributed by atoms with E-state index in [4.69, 9.17) is 0 Å². The van der Waals surface area contributed by atoms with Crippen molar-refractivity contribution >= 4 is 5.91 Å². The lowest BCUT2D eigenvalue weighted by Crippen LogP contribution is -2.44. The maximum Gasteiger partial charge on any atom is 0.259 e. The first-order valence-corrected chi connectivity index (χ1v) is 5.72. The summed E-state index contributed by atoms with van der Waals surface area (Å²) in [6.07, 6.45) is -0.805. The number of amides is 1. The van der Waals surface area contributed by atoms with Gasteiger partial charge in [0.15, 0.2) is 0 Å². The third kappa shape index (κ3) is 2.57. The summed E-state index contributed by atoms with van der Waals surface area (Å²) in [7, 11) is 1.34. The van der Waals surface area contributed by atoms with Crippen molar-refractivity contribution in [2.75, 3.05) is 20.1 Å². The third-order valence-electron chi connectivity index (χ3n) is 3.19. The van der Waals surface area contributed by atoms with Crippen molar-refractivity contribution in [2.24, 2.45) is 0 Å². The summed E-state index contributed by atoms with van der Waals surface area (Å²) < 4.78 is 39.8. The van der Waals surface area contributed by atoms with E-state index >= 15 is 0 Å². The Labute approximate surface area is 107 Å². The molecule has 104 valence electrons. The standard InChI is InChI=1S/C12H13F3N2O2/c1-17(9-4-16-5-10(9)18)12(19)11-7(14)2-6(13)3-8(11)15/h2-3,9-10,16,18H,4-5H2,1H3/t9-,10-/m1/s1. The van der Waals surface area contributed by atoms with Crippen molar-refractivity contribution in [1.29, 1.82) is 0 Å². The van der Waals surface area contributed by atoms with E-state index in [1.54, 1.807) is 0 Å². The quantitative estimate of drug-likeness (QED) is 0.826. The van der Waals surface area contributed by atoms with Crippen LogP contribution in [-0.4, -0.2) is 48.2 Å². The van der Waals surface area contributed by atoms with E-state index in [1.165, 1.54) is 7.05 Å². The van der Waals surface area contributed by atoms with Crippen LogP contribution in [0.25, 0.3) is 0 Å². The highest BCUT2D eigenvalue weighted by Crippen LogP contribution is 2.19. The van der Waals surface area contributed by atoms with Crippen LogP contribution in [-0.2, 0) is 0 Å². The number of rotatable bonds is 2. The number of carbonyl (C=O) groups excluding carboxylic acids is 1. The van der Waals surface area contributed by atoms with Gasteiger partial charge in [0, 0.05) is 32.3 Å². The van der Waals surface area contributed by atoms with Crippen molar-refractivity contribution in [1.82, 2.24) is 10.2 Å². The third-order valence-corrected chi connectivity index (χ3v) is 3.19. The van der Waals surface area contributed by atoms with Gasteiger partial charge in [-0.05, 0) is 0 Å². The van der Waals surface area contributed by atoms with Crippen molar-refractivity contribution in [3.8, 4) is 0 Å². The summed E-state index contributed by atoms with van der Waals surface area (Å²) in [6, 6.07) is 0.331. The lowest BCUT2D eigenvalue weighted by atomic mass is 10.1. The normalized spacial score (nSPS) is 22.6. The molecule has 7 heteroatoms. The van der Waals surface area contributed by atoms with Gasteiger partial charge in [0.25, 0.3) is 5.91 Å². The van der Waals surface area contributed by atoms with Gasteiger partial charge in [0.05, 0.1) is 12.1 Å². The Morgan fingerprint density at radius 3 is 2.37 bits per heavy atom. The number of carbonyl (C=O) groups is 1. The number of hydrogen-bond donors (Lipinski definition) is 2. The second-order valence-corrected chi connectivity index (χ2v) is 4.45. The van der Waals surface area contributed by atoms with Crippen LogP contribution in [0.3, 0.4) is 0 Å². The zero-order valence-corrected chi connectivity index (χ0v) is 10.2. The molecule has 2 rings (SSSR count). The van der Waals surface area contributed by atoms with Gasteiger partial charge in [0.2, 0.25) is 0 Å². The first kappa shape index (κ1) is 13.8. The zero-order valence-electron chi connectivity index (χ0n) is 10.2. The number of nitrogens with one attached hydrogen (secondary N) is 1. The number of aliphatic hydroxyl groups is 1. The van der Waals surface area contributed by atoms with Crippen LogP contribution in [0.4, 0.5) is 13.2 Å². The van der Waals surface area contributed by atoms with Gasteiger partial charge in [-0.3, -0.25) is 4.79 Å². The predicted molar refractivity (Wildman–Crippen MR) is 61.1 cm³/mol. The molecule has 1 aliphatic rings. The van der Waals surface area contributed by atoms with E-state index in [-0.39, 0.29) is 0 Å². The maximum atomic E-state index is 13.5. The van der Waals surface area contributed by atoms with E-state index in [0.29, 0.717) is 25.2 Å². The van der Waals surface area contributed by atoms with Crippen LogP contribution >= 0.6 is 0 Å². The lowest BCUT2D eigenvalue weighted by Gasteiger charge is -2.26. The first-order valence-electron chi connectivity index (χ1n) is 5.72. The molecule has 1 heterocycles. The fourth-order valence-corrected chi connectivity index (χ4v) is 2.12. The number of benzene rings is 1. The molecule has 1 aromatic rings. The average Bonchev–Trinajstić information content (AvgIpc) is 2.73. The first-order chi connectivity index (χ1) is 8.91. The summed E-state index contributed by atoms with van der Waals surface area (Å²) in [5, 5.41) is 12.5. The van der Waals surface area contributed by atoms with E-state index in [9.17, 15) is 23.1 Å². The number of β-amino-alcohol motifs (C(OH)–C–C–N with tert-alkyl or cyclic N) is 1. The van der Waals surface area contributed by atoms with Crippen LogP contribution < -0.4 is 5.32 Å². The van der Waals surface area contributed by atoms with Crippen molar-refractivity contribution in [3.05, 3.63) is 35.1 Å². The molecule has 1 aliphatic heterocycles. The molecule has 1 saturated heterocycles. The van der Waals surface area contributed by atoms with Crippen LogP contribution in [0.15, 0.2) is 12.1 Å². The molecule has 0 unspecified atom stereocenters. The van der Waals surface area contributed by atoms with E-state index in [2.05, 4.69) is 5.32 Å². The molecular weight excluding hydrogens is 261 g/mol. The predicted octanol–water partition coefficient (Wildman–Crippen LogP) is 0.509. The summed E-state index contributed by atoms with van der Waals surface area (Å²) >= 11 is 0. The molecule has 1 aromatic carbocycles. The number of hydrogen-bond acceptors (Lipinski definition) is 3. The highest BCUT2D eigenvalue weighted by atomic mass is 19.1. The monoisotopic (exact) mass is 274 g/mol. The topological polar surface area (TPSA) is 52.6 Å². The molecule has 2 atom stereocenters. The average molecular weight is 274 g/mol. The summed E-state index contributed by atoms with van der Waals surface area (Å²) in [4.78, 5) is 13.1. The molecule has 1 fully saturated rings. The van der Waals surface area contributed by atoms with Crippen LogP contribution in [0.5, 0.6) is 0 Å². The van der Waals surface area contributed by atoms with E-state index in [1.807, 2.05) is 0 Å². The second kappa shape index (κ2) is 5.18. The minimum Gasteiger partial charge on any atom is -0.390 e. The molecule has 0 spiro atoms. The van der Waals surface area contributed by atoms with Gasteiger partial charge in [-0.1, -0.05) is 0 Å². The van der Waals surface area contributed by atoms with Crippen LogP contribution in [0.1, 0.15) is 10.4 Å². The highest BCUT2D eigenvalue weighted by molar-refractivity contribution is 5.94. The maximum absolute atomic E-state index is 13.5. The molecule has 4 nitrogen and oxygen atoms in total. The lowest BCUT2D eigenvalue weighted by molar-refractivity contribution is 0.0572. The molecule has 0 aliphatic carbocycles. The summed E-state index contributed by atoms with van der Waals surface area (Å²) in [6.45, 7) is 0.629. The largest absolute Gasteiger partial charge is 0.390 e. The Kier molecular flexibility index (Phi) is 3.77.